The van der Waals surface area contributed by atoms with E-state index in [2.05, 4.69) is 4.40 Å². The van der Waals surface area contributed by atoms with E-state index in [0.717, 1.165) is 17.0 Å². The van der Waals surface area contributed by atoms with Crippen LogP contribution < -0.4 is 0 Å². The van der Waals surface area contributed by atoms with Crippen molar-refractivity contribution in [3.8, 4) is 11.1 Å². The minimum Gasteiger partial charge on any atom is -0.347 e. The van der Waals surface area contributed by atoms with Crippen LogP contribution in [0.15, 0.2) is 53.1 Å². The van der Waals surface area contributed by atoms with Gasteiger partial charge in [-0.1, -0.05) is 44.2 Å². The van der Waals surface area contributed by atoms with Gasteiger partial charge in [-0.3, -0.25) is 0 Å². The first-order chi connectivity index (χ1) is 15.0. The molecule has 2 aromatic carbocycles. The fraction of sp³-hybridized carbons (Fsp3) is 0.375. The normalized spacial score (nSPS) is 15.7. The number of aromatic nitrogens is 1. The molecule has 1 heterocycles. The SMILES string of the molecule is CC(=NS(=O)(=O)C1CC1)c1cn(CC(C)C)c2cc(-c3ccccc3C(F)(F)F)ccc12. The van der Waals surface area contributed by atoms with Crippen LogP contribution in [0.1, 0.15) is 44.7 Å². The van der Waals surface area contributed by atoms with Crippen molar-refractivity contribution in [3.05, 3.63) is 59.8 Å². The summed E-state index contributed by atoms with van der Waals surface area (Å²) in [5, 5.41) is 0.373. The van der Waals surface area contributed by atoms with Crippen molar-refractivity contribution >= 4 is 26.6 Å². The quantitative estimate of drug-likeness (QED) is 0.405. The van der Waals surface area contributed by atoms with Crippen molar-refractivity contribution in [2.45, 2.75) is 51.6 Å². The van der Waals surface area contributed by atoms with E-state index in [-0.39, 0.29) is 11.5 Å². The van der Waals surface area contributed by atoms with Crippen LogP contribution in [0.4, 0.5) is 13.2 Å². The number of hydrogen-bond acceptors (Lipinski definition) is 2. The van der Waals surface area contributed by atoms with Gasteiger partial charge in [0.25, 0.3) is 10.0 Å². The molecule has 0 spiro atoms. The van der Waals surface area contributed by atoms with Crippen LogP contribution in [0.25, 0.3) is 22.0 Å². The Morgan fingerprint density at radius 1 is 1.16 bits per heavy atom. The van der Waals surface area contributed by atoms with Gasteiger partial charge in [0, 0.05) is 29.2 Å². The maximum absolute atomic E-state index is 13.6. The first kappa shape index (κ1) is 22.6. The number of fused-ring (bicyclic) bond motifs is 1. The molecule has 1 saturated carbocycles. The Labute approximate surface area is 185 Å². The molecule has 4 rings (SSSR count). The van der Waals surface area contributed by atoms with E-state index >= 15 is 0 Å². The number of benzene rings is 2. The van der Waals surface area contributed by atoms with Crippen LogP contribution in [0.5, 0.6) is 0 Å². The summed E-state index contributed by atoms with van der Waals surface area (Å²) < 4.78 is 71.4. The minimum absolute atomic E-state index is 0.113. The molecule has 0 bridgehead atoms. The molecular weight excluding hydrogens is 437 g/mol. The second-order valence-corrected chi connectivity index (χ2v) is 10.6. The molecular formula is C24H25F3N2O2S. The third kappa shape index (κ3) is 4.46. The van der Waals surface area contributed by atoms with Gasteiger partial charge in [0.2, 0.25) is 0 Å². The van der Waals surface area contributed by atoms with Crippen molar-refractivity contribution in [1.82, 2.24) is 4.57 Å². The van der Waals surface area contributed by atoms with Crippen molar-refractivity contribution in [3.63, 3.8) is 0 Å². The molecule has 32 heavy (non-hydrogen) atoms. The summed E-state index contributed by atoms with van der Waals surface area (Å²) in [5.74, 6) is 0.289. The summed E-state index contributed by atoms with van der Waals surface area (Å²) >= 11 is 0. The van der Waals surface area contributed by atoms with Crippen LogP contribution in [0.2, 0.25) is 0 Å². The fourth-order valence-corrected chi connectivity index (χ4v) is 5.32. The Morgan fingerprint density at radius 2 is 1.84 bits per heavy atom. The Hall–Kier alpha value is -2.61. The predicted molar refractivity (Wildman–Crippen MR) is 121 cm³/mol. The Bertz CT molecular complexity index is 1300. The largest absolute Gasteiger partial charge is 0.417 e. The standard InChI is InChI=1S/C24H25F3N2O2S/c1-15(2)13-29-14-21(16(3)28-32(30,31)18-9-10-18)20-11-8-17(12-23(20)29)19-6-4-5-7-22(19)24(25,26)27/h4-8,11-12,14-15,18H,9-10,13H2,1-3H3. The summed E-state index contributed by atoms with van der Waals surface area (Å²) in [7, 11) is -3.54. The zero-order valence-electron chi connectivity index (χ0n) is 18.1. The molecule has 0 saturated heterocycles. The zero-order chi connectivity index (χ0) is 23.3. The molecule has 0 aliphatic heterocycles. The molecule has 0 radical (unpaired) electrons. The molecule has 0 amide bonds. The van der Waals surface area contributed by atoms with Crippen molar-refractivity contribution in [1.29, 1.82) is 0 Å². The Kier molecular flexibility index (Phi) is 5.69. The Morgan fingerprint density at radius 3 is 2.47 bits per heavy atom. The van der Waals surface area contributed by atoms with Crippen LogP contribution in [0.3, 0.4) is 0 Å². The highest BCUT2D eigenvalue weighted by Gasteiger charge is 2.36. The van der Waals surface area contributed by atoms with Crippen molar-refractivity contribution in [2.75, 3.05) is 0 Å². The van der Waals surface area contributed by atoms with E-state index in [1.54, 1.807) is 31.2 Å². The third-order valence-corrected chi connectivity index (χ3v) is 7.43. The average molecular weight is 463 g/mol. The second-order valence-electron chi connectivity index (χ2n) is 8.76. The van der Waals surface area contributed by atoms with Crippen LogP contribution in [0, 0.1) is 5.92 Å². The first-order valence-electron chi connectivity index (χ1n) is 10.6. The van der Waals surface area contributed by atoms with Gasteiger partial charge in [-0.2, -0.15) is 17.6 Å². The first-order valence-corrected chi connectivity index (χ1v) is 12.1. The molecule has 8 heteroatoms. The van der Waals surface area contributed by atoms with Gasteiger partial charge in [0.05, 0.1) is 16.5 Å². The molecule has 0 N–H and O–H groups in total. The van der Waals surface area contributed by atoms with Gasteiger partial charge in [-0.15, -0.1) is 0 Å². The second kappa shape index (κ2) is 8.06. The molecule has 1 aliphatic rings. The predicted octanol–water partition coefficient (Wildman–Crippen LogP) is 6.28. The third-order valence-electron chi connectivity index (χ3n) is 5.59. The molecule has 4 nitrogen and oxygen atoms in total. The molecule has 1 aliphatic carbocycles. The van der Waals surface area contributed by atoms with Crippen LogP contribution in [-0.4, -0.2) is 23.9 Å². The Balaban J connectivity index is 1.88. The maximum Gasteiger partial charge on any atom is 0.417 e. The van der Waals surface area contributed by atoms with Gasteiger partial charge in [0.15, 0.2) is 0 Å². The number of rotatable bonds is 6. The highest BCUT2D eigenvalue weighted by molar-refractivity contribution is 7.91. The lowest BCUT2D eigenvalue weighted by Gasteiger charge is -2.14. The van der Waals surface area contributed by atoms with E-state index in [4.69, 9.17) is 0 Å². The number of sulfonamides is 1. The van der Waals surface area contributed by atoms with Crippen molar-refractivity contribution in [2.24, 2.45) is 10.3 Å². The van der Waals surface area contributed by atoms with Gasteiger partial charge < -0.3 is 4.57 Å². The number of nitrogens with zero attached hydrogens (tertiary/aromatic N) is 2. The lowest BCUT2D eigenvalue weighted by molar-refractivity contribution is -0.137. The summed E-state index contributed by atoms with van der Waals surface area (Å²) in [4.78, 5) is 0. The highest BCUT2D eigenvalue weighted by Crippen LogP contribution is 2.38. The van der Waals surface area contributed by atoms with E-state index in [9.17, 15) is 21.6 Å². The highest BCUT2D eigenvalue weighted by atomic mass is 32.2. The molecule has 0 atom stereocenters. The van der Waals surface area contributed by atoms with Gasteiger partial charge in [-0.05, 0) is 48.9 Å². The maximum atomic E-state index is 13.6. The van der Waals surface area contributed by atoms with E-state index in [1.165, 1.54) is 12.1 Å². The van der Waals surface area contributed by atoms with Crippen molar-refractivity contribution < 1.29 is 21.6 Å². The topological polar surface area (TPSA) is 51.4 Å². The molecule has 3 aromatic rings. The summed E-state index contributed by atoms with van der Waals surface area (Å²) in [5.41, 5.74) is 1.72. The summed E-state index contributed by atoms with van der Waals surface area (Å²) in [6, 6.07) is 10.7. The van der Waals surface area contributed by atoms with Crippen LogP contribution in [-0.2, 0) is 22.7 Å². The monoisotopic (exact) mass is 462 g/mol. The van der Waals surface area contributed by atoms with E-state index in [1.807, 2.05) is 24.6 Å². The minimum atomic E-state index is -4.46. The molecule has 1 fully saturated rings. The van der Waals surface area contributed by atoms with Gasteiger partial charge in [0.1, 0.15) is 0 Å². The fourth-order valence-electron chi connectivity index (χ4n) is 3.95. The number of hydrogen-bond donors (Lipinski definition) is 0. The summed E-state index contributed by atoms with van der Waals surface area (Å²) in [6.45, 7) is 6.41. The molecule has 1 aromatic heterocycles. The number of alkyl halides is 3. The summed E-state index contributed by atoms with van der Waals surface area (Å²) in [6.07, 6.45) is -1.34. The van der Waals surface area contributed by atoms with E-state index < -0.39 is 27.0 Å². The van der Waals surface area contributed by atoms with Gasteiger partial charge >= 0.3 is 6.18 Å². The zero-order valence-corrected chi connectivity index (χ0v) is 19.0. The van der Waals surface area contributed by atoms with Gasteiger partial charge in [-0.25, -0.2) is 8.42 Å². The van der Waals surface area contributed by atoms with Crippen LogP contribution >= 0.6 is 0 Å². The smallest absolute Gasteiger partial charge is 0.347 e. The average Bonchev–Trinajstić information content (AvgIpc) is 3.51. The molecule has 170 valence electrons. The lowest BCUT2D eigenvalue weighted by atomic mass is 9.97. The molecule has 0 unspecified atom stereocenters. The number of halogens is 3. The lowest BCUT2D eigenvalue weighted by Crippen LogP contribution is -2.07. The van der Waals surface area contributed by atoms with E-state index in [0.29, 0.717) is 36.2 Å².